The monoisotopic (exact) mass is 217 g/mol. The second-order valence-electron chi connectivity index (χ2n) is 2.79. The highest BCUT2D eigenvalue weighted by Crippen LogP contribution is 1.97. The highest BCUT2D eigenvalue weighted by Gasteiger charge is 1.97. The minimum atomic E-state index is -0.132. The van der Waals surface area contributed by atoms with Crippen LogP contribution in [0.3, 0.4) is 0 Å². The van der Waals surface area contributed by atoms with E-state index in [2.05, 4.69) is 16.6 Å². The zero-order valence-corrected chi connectivity index (χ0v) is 9.57. The Labute approximate surface area is 90.3 Å². The normalized spacial score (nSPS) is 9.79. The van der Waals surface area contributed by atoms with Crippen LogP contribution in [0.25, 0.3) is 0 Å². The molecule has 0 saturated carbocycles. The first kappa shape index (κ1) is 13.5. The minimum Gasteiger partial charge on any atom is -0.469 e. The molecule has 0 aliphatic rings. The number of hydrogen-bond acceptors (Lipinski definition) is 4. The summed E-state index contributed by atoms with van der Waals surface area (Å²) >= 11 is 1.85. The topological polar surface area (TPSA) is 38.3 Å². The van der Waals surface area contributed by atoms with Crippen molar-refractivity contribution < 1.29 is 9.53 Å². The van der Waals surface area contributed by atoms with Crippen LogP contribution in [0.5, 0.6) is 0 Å². The van der Waals surface area contributed by atoms with Gasteiger partial charge < -0.3 is 10.1 Å². The standard InChI is InChI=1S/C10H19NO2S/c1-3-8-14-9-7-11-6-4-5-10(12)13-2/h3,11H,1,4-9H2,2H3. The van der Waals surface area contributed by atoms with E-state index in [1.165, 1.54) is 7.11 Å². The number of methoxy groups -OCH3 is 1. The Balaban J connectivity index is 2.98. The first-order chi connectivity index (χ1) is 6.81. The molecule has 0 aliphatic heterocycles. The van der Waals surface area contributed by atoms with Gasteiger partial charge >= 0.3 is 5.97 Å². The van der Waals surface area contributed by atoms with Gasteiger partial charge in [0.15, 0.2) is 0 Å². The lowest BCUT2D eigenvalue weighted by Gasteiger charge is -2.03. The van der Waals surface area contributed by atoms with E-state index in [0.717, 1.165) is 31.0 Å². The highest BCUT2D eigenvalue weighted by atomic mass is 32.2. The molecule has 0 aromatic rings. The number of carbonyl (C=O) groups is 1. The summed E-state index contributed by atoms with van der Waals surface area (Å²) in [5.74, 6) is 1.96. The van der Waals surface area contributed by atoms with Crippen molar-refractivity contribution >= 4 is 17.7 Å². The Morgan fingerprint density at radius 1 is 1.57 bits per heavy atom. The van der Waals surface area contributed by atoms with E-state index in [9.17, 15) is 4.79 Å². The largest absolute Gasteiger partial charge is 0.469 e. The Kier molecular flexibility index (Phi) is 10.2. The lowest BCUT2D eigenvalue weighted by molar-refractivity contribution is -0.140. The average Bonchev–Trinajstić information content (AvgIpc) is 2.21. The van der Waals surface area contributed by atoms with Crippen LogP contribution < -0.4 is 5.32 Å². The van der Waals surface area contributed by atoms with Gasteiger partial charge in [-0.25, -0.2) is 0 Å². The van der Waals surface area contributed by atoms with Crippen LogP contribution >= 0.6 is 11.8 Å². The quantitative estimate of drug-likeness (QED) is 0.360. The molecule has 0 saturated heterocycles. The fourth-order valence-electron chi connectivity index (χ4n) is 0.896. The molecular weight excluding hydrogens is 198 g/mol. The number of thioether (sulfide) groups is 1. The second kappa shape index (κ2) is 10.6. The van der Waals surface area contributed by atoms with Gasteiger partial charge in [-0.1, -0.05) is 6.08 Å². The average molecular weight is 217 g/mol. The second-order valence-corrected chi connectivity index (χ2v) is 3.94. The molecule has 0 heterocycles. The molecule has 4 heteroatoms. The van der Waals surface area contributed by atoms with Gasteiger partial charge in [-0.15, -0.1) is 6.58 Å². The maximum atomic E-state index is 10.7. The van der Waals surface area contributed by atoms with E-state index < -0.39 is 0 Å². The minimum absolute atomic E-state index is 0.132. The zero-order valence-electron chi connectivity index (χ0n) is 8.75. The van der Waals surface area contributed by atoms with Gasteiger partial charge in [0.05, 0.1) is 7.11 Å². The van der Waals surface area contributed by atoms with Gasteiger partial charge in [-0.3, -0.25) is 4.79 Å². The van der Waals surface area contributed by atoms with E-state index in [0.29, 0.717) is 6.42 Å². The molecule has 0 aromatic heterocycles. The predicted molar refractivity (Wildman–Crippen MR) is 61.6 cm³/mol. The molecule has 0 unspecified atom stereocenters. The van der Waals surface area contributed by atoms with Crippen LogP contribution in [-0.2, 0) is 9.53 Å². The fraction of sp³-hybridized carbons (Fsp3) is 0.700. The predicted octanol–water partition coefficient (Wildman–Crippen LogP) is 1.45. The van der Waals surface area contributed by atoms with Crippen molar-refractivity contribution in [2.45, 2.75) is 12.8 Å². The van der Waals surface area contributed by atoms with E-state index in [4.69, 9.17) is 0 Å². The van der Waals surface area contributed by atoms with Crippen LogP contribution in [0.15, 0.2) is 12.7 Å². The van der Waals surface area contributed by atoms with Gasteiger partial charge in [-0.05, 0) is 13.0 Å². The van der Waals surface area contributed by atoms with Crippen LogP contribution in [0.4, 0.5) is 0 Å². The molecule has 0 bridgehead atoms. The summed E-state index contributed by atoms with van der Waals surface area (Å²) in [5, 5.41) is 3.26. The molecule has 0 fully saturated rings. The molecule has 0 spiro atoms. The number of ether oxygens (including phenoxy) is 1. The van der Waals surface area contributed by atoms with Gasteiger partial charge in [-0.2, -0.15) is 11.8 Å². The maximum absolute atomic E-state index is 10.7. The molecule has 14 heavy (non-hydrogen) atoms. The molecule has 0 atom stereocenters. The third-order valence-corrected chi connectivity index (χ3v) is 2.59. The third-order valence-electron chi connectivity index (χ3n) is 1.62. The lowest BCUT2D eigenvalue weighted by atomic mass is 10.3. The van der Waals surface area contributed by atoms with Crippen molar-refractivity contribution in [1.29, 1.82) is 0 Å². The molecule has 0 rings (SSSR count). The van der Waals surface area contributed by atoms with Gasteiger partial charge in [0.2, 0.25) is 0 Å². The van der Waals surface area contributed by atoms with E-state index in [-0.39, 0.29) is 5.97 Å². The van der Waals surface area contributed by atoms with Crippen molar-refractivity contribution in [1.82, 2.24) is 5.32 Å². The van der Waals surface area contributed by atoms with Crippen LogP contribution in [0.1, 0.15) is 12.8 Å². The van der Waals surface area contributed by atoms with Gasteiger partial charge in [0.25, 0.3) is 0 Å². The first-order valence-electron chi connectivity index (χ1n) is 4.77. The van der Waals surface area contributed by atoms with E-state index in [1.807, 2.05) is 17.8 Å². The summed E-state index contributed by atoms with van der Waals surface area (Å²) in [5.41, 5.74) is 0. The highest BCUT2D eigenvalue weighted by molar-refractivity contribution is 7.99. The summed E-state index contributed by atoms with van der Waals surface area (Å²) in [6.45, 7) is 5.51. The Morgan fingerprint density at radius 2 is 2.36 bits per heavy atom. The Morgan fingerprint density at radius 3 is 3.00 bits per heavy atom. The summed E-state index contributed by atoms with van der Waals surface area (Å²) in [6, 6.07) is 0. The fourth-order valence-corrected chi connectivity index (χ4v) is 1.52. The molecule has 82 valence electrons. The number of carbonyl (C=O) groups excluding carboxylic acids is 1. The number of nitrogens with one attached hydrogen (secondary N) is 1. The summed E-state index contributed by atoms with van der Waals surface area (Å²) in [7, 11) is 1.42. The maximum Gasteiger partial charge on any atom is 0.305 e. The SMILES string of the molecule is C=CCSCCNCCCC(=O)OC. The Bertz CT molecular complexity index is 162. The van der Waals surface area contributed by atoms with Crippen LogP contribution in [0, 0.1) is 0 Å². The van der Waals surface area contributed by atoms with Crippen molar-refractivity contribution in [3.05, 3.63) is 12.7 Å². The molecule has 0 radical (unpaired) electrons. The first-order valence-corrected chi connectivity index (χ1v) is 5.93. The van der Waals surface area contributed by atoms with Crippen LogP contribution in [-0.4, -0.2) is 37.7 Å². The molecule has 0 aliphatic carbocycles. The van der Waals surface area contributed by atoms with Crippen molar-refractivity contribution in [2.75, 3.05) is 31.7 Å². The molecule has 0 aromatic carbocycles. The third kappa shape index (κ3) is 9.61. The van der Waals surface area contributed by atoms with Gasteiger partial charge in [0.1, 0.15) is 0 Å². The Hall–Kier alpha value is -0.480. The molecule has 0 amide bonds. The molecule has 3 nitrogen and oxygen atoms in total. The summed E-state index contributed by atoms with van der Waals surface area (Å²) in [6.07, 6.45) is 3.25. The van der Waals surface area contributed by atoms with Crippen molar-refractivity contribution in [3.8, 4) is 0 Å². The van der Waals surface area contributed by atoms with E-state index >= 15 is 0 Å². The molecule has 1 N–H and O–H groups in total. The number of rotatable bonds is 9. The summed E-state index contributed by atoms with van der Waals surface area (Å²) < 4.78 is 4.53. The van der Waals surface area contributed by atoms with Gasteiger partial charge in [0, 0.05) is 24.5 Å². The van der Waals surface area contributed by atoms with E-state index in [1.54, 1.807) is 0 Å². The molecular formula is C10H19NO2S. The van der Waals surface area contributed by atoms with Crippen molar-refractivity contribution in [3.63, 3.8) is 0 Å². The smallest absolute Gasteiger partial charge is 0.305 e. The summed E-state index contributed by atoms with van der Waals surface area (Å²) in [4.78, 5) is 10.7. The van der Waals surface area contributed by atoms with Crippen LogP contribution in [0.2, 0.25) is 0 Å². The lowest BCUT2D eigenvalue weighted by Crippen LogP contribution is -2.19. The number of hydrogen-bond donors (Lipinski definition) is 1. The van der Waals surface area contributed by atoms with Crippen molar-refractivity contribution in [2.24, 2.45) is 0 Å². The number of esters is 1. The zero-order chi connectivity index (χ0) is 10.6.